The Hall–Kier alpha value is -4.00. The van der Waals surface area contributed by atoms with E-state index >= 15 is 0 Å². The summed E-state index contributed by atoms with van der Waals surface area (Å²) in [6, 6.07) is 14.7. The summed E-state index contributed by atoms with van der Waals surface area (Å²) in [6.07, 6.45) is -11.5. The van der Waals surface area contributed by atoms with Gasteiger partial charge in [-0.15, -0.1) is 5.10 Å². The van der Waals surface area contributed by atoms with E-state index in [1.165, 1.54) is 14.2 Å². The van der Waals surface area contributed by atoms with Crippen LogP contribution in [0.15, 0.2) is 54.7 Å². The molecule has 3 heterocycles. The van der Waals surface area contributed by atoms with Gasteiger partial charge in [0.1, 0.15) is 35.9 Å². The van der Waals surface area contributed by atoms with E-state index in [9.17, 15) is 30.0 Å². The van der Waals surface area contributed by atoms with Crippen LogP contribution in [0.1, 0.15) is 12.0 Å². The van der Waals surface area contributed by atoms with Gasteiger partial charge in [0.15, 0.2) is 24.8 Å². The number of aliphatic carboxylic acids is 1. The van der Waals surface area contributed by atoms with Crippen molar-refractivity contribution in [2.24, 2.45) is 0 Å². The summed E-state index contributed by atoms with van der Waals surface area (Å²) in [5, 5.41) is 52.3. The number of benzene rings is 2. The number of nitrogens with zero attached hydrogens (tertiary/aromatic N) is 3. The molecule has 248 valence electrons. The first-order chi connectivity index (χ1) is 22.1. The number of amides is 1. The van der Waals surface area contributed by atoms with Crippen molar-refractivity contribution in [3.05, 3.63) is 60.3 Å². The van der Waals surface area contributed by atoms with Gasteiger partial charge in [0.25, 0.3) is 5.91 Å². The first-order valence-electron chi connectivity index (χ1n) is 14.4. The number of rotatable bonds is 11. The average molecular weight is 645 g/mol. The highest BCUT2D eigenvalue weighted by atomic mass is 16.7. The van der Waals surface area contributed by atoms with E-state index in [0.717, 1.165) is 16.8 Å². The van der Waals surface area contributed by atoms with Crippen LogP contribution in [-0.4, -0.2) is 124 Å². The number of hydrogen-bond acceptors (Lipinski definition) is 13. The lowest BCUT2D eigenvalue weighted by Crippen LogP contribution is -2.63. The smallest absolute Gasteiger partial charge is 0.335 e. The lowest BCUT2D eigenvalue weighted by atomic mass is 9.97. The van der Waals surface area contributed by atoms with Crippen LogP contribution in [0.2, 0.25) is 0 Å². The number of aromatic nitrogens is 3. The van der Waals surface area contributed by atoms with E-state index in [-0.39, 0.29) is 13.0 Å². The highest BCUT2D eigenvalue weighted by Gasteiger charge is 2.51. The van der Waals surface area contributed by atoms with E-state index in [4.69, 9.17) is 28.4 Å². The largest absolute Gasteiger partial charge is 0.496 e. The number of hydrogen-bond donors (Lipinski definition) is 5. The van der Waals surface area contributed by atoms with Gasteiger partial charge in [-0.2, -0.15) is 0 Å². The predicted molar refractivity (Wildman–Crippen MR) is 155 cm³/mol. The van der Waals surface area contributed by atoms with E-state index in [2.05, 4.69) is 15.6 Å². The van der Waals surface area contributed by atoms with Gasteiger partial charge in [-0.1, -0.05) is 29.5 Å². The molecule has 2 aliphatic rings. The number of carboxylic acid groups (broad SMARTS) is 1. The highest BCUT2D eigenvalue weighted by Crippen LogP contribution is 2.31. The molecule has 2 saturated heterocycles. The number of carbonyl (C=O) groups excluding carboxylic acids is 1. The van der Waals surface area contributed by atoms with Crippen LogP contribution in [0.4, 0.5) is 0 Å². The van der Waals surface area contributed by atoms with Crippen molar-refractivity contribution in [1.82, 2.24) is 20.3 Å². The SMILES string of the molecule is COc1ccccc1-c1cn(-c2ccc(CNC(=O)C3OC(OC)C(O)CC3OC3OC(C(=O)O)C(OC)C(O)C3O)cc2)nn1. The normalized spacial score (nSPS) is 29.7. The standard InChI is InChI=1S/C30H36N4O12/c1-41-20-7-5-4-6-17(20)18-14-34(33-32-18)16-10-8-15(9-11-16)13-31-27(38)24-21(12-19(35)29(43-3)45-24)44-30-23(37)22(36)25(42-2)26(46-30)28(39)40/h4-11,14,19,21-26,29-30,35-37H,12-13H2,1-3H3,(H,31,38)(H,39,40). The second-order valence-corrected chi connectivity index (χ2v) is 10.7. The summed E-state index contributed by atoms with van der Waals surface area (Å²) >= 11 is 0. The minimum absolute atomic E-state index is 0.0909. The summed E-state index contributed by atoms with van der Waals surface area (Å²) < 4.78 is 34.0. The van der Waals surface area contributed by atoms with Crippen molar-refractivity contribution in [2.75, 3.05) is 21.3 Å². The van der Waals surface area contributed by atoms with Gasteiger partial charge in [-0.3, -0.25) is 4.79 Å². The van der Waals surface area contributed by atoms with E-state index < -0.39 is 67.2 Å². The Morgan fingerprint density at radius 1 is 0.957 bits per heavy atom. The average Bonchev–Trinajstić information content (AvgIpc) is 3.56. The Labute approximate surface area is 263 Å². The molecule has 2 aromatic carbocycles. The number of nitrogens with one attached hydrogen (secondary N) is 1. The van der Waals surface area contributed by atoms with Crippen LogP contribution in [0.5, 0.6) is 5.75 Å². The topological polar surface area (TPSA) is 213 Å². The maximum absolute atomic E-state index is 13.3. The van der Waals surface area contributed by atoms with E-state index in [0.29, 0.717) is 11.4 Å². The second-order valence-electron chi connectivity index (χ2n) is 10.7. The lowest BCUT2D eigenvalue weighted by molar-refractivity contribution is -0.331. The fraction of sp³-hybridized carbons (Fsp3) is 0.467. The third kappa shape index (κ3) is 7.03. The maximum atomic E-state index is 13.3. The number of carboxylic acids is 1. The molecule has 0 spiro atoms. The first kappa shape index (κ1) is 33.4. The summed E-state index contributed by atoms with van der Waals surface area (Å²) in [6.45, 7) is 0.0909. The highest BCUT2D eigenvalue weighted by molar-refractivity contribution is 5.81. The molecule has 0 saturated carbocycles. The van der Waals surface area contributed by atoms with Crippen LogP contribution in [-0.2, 0) is 39.8 Å². The molecule has 1 amide bonds. The summed E-state index contributed by atoms with van der Waals surface area (Å²) in [7, 11) is 4.05. The van der Waals surface area contributed by atoms with Gasteiger partial charge >= 0.3 is 5.97 Å². The Bertz CT molecular complexity index is 1490. The molecule has 1 aromatic heterocycles. The van der Waals surface area contributed by atoms with Gasteiger partial charge in [0.2, 0.25) is 0 Å². The minimum atomic E-state index is -1.73. The number of para-hydroxylation sites is 1. The number of aliphatic hydroxyl groups is 3. The van der Waals surface area contributed by atoms with Gasteiger partial charge < -0.3 is 54.2 Å². The molecule has 46 heavy (non-hydrogen) atoms. The zero-order valence-electron chi connectivity index (χ0n) is 25.2. The van der Waals surface area contributed by atoms with Crippen LogP contribution in [0.3, 0.4) is 0 Å². The molecule has 9 unspecified atom stereocenters. The summed E-state index contributed by atoms with van der Waals surface area (Å²) in [4.78, 5) is 25.0. The van der Waals surface area contributed by atoms with Crippen molar-refractivity contribution in [3.63, 3.8) is 0 Å². The maximum Gasteiger partial charge on any atom is 0.335 e. The van der Waals surface area contributed by atoms with Gasteiger partial charge in [-0.05, 0) is 29.8 Å². The first-order valence-corrected chi connectivity index (χ1v) is 14.4. The molecule has 16 nitrogen and oxygen atoms in total. The molecule has 3 aromatic rings. The van der Waals surface area contributed by atoms with Crippen molar-refractivity contribution in [2.45, 2.75) is 68.3 Å². The second kappa shape index (κ2) is 14.6. The lowest BCUT2D eigenvalue weighted by Gasteiger charge is -2.44. The molecule has 16 heteroatoms. The zero-order chi connectivity index (χ0) is 33.0. The molecule has 5 rings (SSSR count). The van der Waals surface area contributed by atoms with Gasteiger partial charge in [-0.25, -0.2) is 9.48 Å². The molecule has 0 aliphatic carbocycles. The van der Waals surface area contributed by atoms with Crippen LogP contribution in [0, 0.1) is 0 Å². The molecular formula is C30H36N4O12. The fourth-order valence-corrected chi connectivity index (χ4v) is 5.38. The van der Waals surface area contributed by atoms with E-state index in [1.54, 1.807) is 30.1 Å². The predicted octanol–water partition coefficient (Wildman–Crippen LogP) is -0.387. The molecule has 5 N–H and O–H groups in total. The molecule has 2 fully saturated rings. The van der Waals surface area contributed by atoms with Crippen molar-refractivity contribution in [1.29, 1.82) is 0 Å². The van der Waals surface area contributed by atoms with Crippen LogP contribution in [0.25, 0.3) is 16.9 Å². The van der Waals surface area contributed by atoms with Crippen LogP contribution < -0.4 is 10.1 Å². The van der Waals surface area contributed by atoms with Crippen LogP contribution >= 0.6 is 0 Å². The van der Waals surface area contributed by atoms with Crippen molar-refractivity contribution >= 4 is 11.9 Å². The zero-order valence-corrected chi connectivity index (χ0v) is 25.2. The van der Waals surface area contributed by atoms with Gasteiger partial charge in [0.05, 0.1) is 25.1 Å². The monoisotopic (exact) mass is 644 g/mol. The minimum Gasteiger partial charge on any atom is -0.496 e. The van der Waals surface area contributed by atoms with Crippen molar-refractivity contribution in [3.8, 4) is 22.7 Å². The fourth-order valence-electron chi connectivity index (χ4n) is 5.38. The number of ether oxygens (including phenoxy) is 6. The summed E-state index contributed by atoms with van der Waals surface area (Å²) in [5.74, 6) is -1.41. The number of methoxy groups -OCH3 is 3. The molecule has 2 aliphatic heterocycles. The Kier molecular flexibility index (Phi) is 10.6. The van der Waals surface area contributed by atoms with Crippen molar-refractivity contribution < 1.29 is 58.4 Å². The molecule has 0 radical (unpaired) electrons. The summed E-state index contributed by atoms with van der Waals surface area (Å²) in [5.41, 5.74) is 2.90. The quantitative estimate of drug-likeness (QED) is 0.180. The molecule has 0 bridgehead atoms. The Morgan fingerprint density at radius 3 is 2.35 bits per heavy atom. The molecular weight excluding hydrogens is 608 g/mol. The van der Waals surface area contributed by atoms with Gasteiger partial charge in [0, 0.05) is 32.7 Å². The number of carbonyl (C=O) groups is 2. The Morgan fingerprint density at radius 2 is 1.67 bits per heavy atom. The third-order valence-electron chi connectivity index (χ3n) is 7.81. The Balaban J connectivity index is 1.25. The van der Waals surface area contributed by atoms with E-state index in [1.807, 2.05) is 36.4 Å². The molecule has 9 atom stereocenters. The number of aliphatic hydroxyl groups excluding tert-OH is 3. The third-order valence-corrected chi connectivity index (χ3v) is 7.81.